The molecule has 1 amide bonds. The van der Waals surface area contributed by atoms with Crippen molar-refractivity contribution in [1.82, 2.24) is 35.2 Å². The van der Waals surface area contributed by atoms with Crippen LogP contribution in [-0.2, 0) is 16.1 Å². The highest BCUT2D eigenvalue weighted by molar-refractivity contribution is 6.35. The molecule has 4 aromatic heterocycles. The first-order chi connectivity index (χ1) is 30.2. The van der Waals surface area contributed by atoms with Crippen LogP contribution in [0.15, 0.2) is 24.5 Å². The molecule has 2 aliphatic rings. The van der Waals surface area contributed by atoms with Crippen LogP contribution in [0, 0.1) is 13.8 Å². The van der Waals surface area contributed by atoms with Crippen LogP contribution in [0.25, 0.3) is 22.5 Å². The van der Waals surface area contributed by atoms with Crippen LogP contribution in [-0.4, -0.2) is 111 Å². The number of nitrogens with one attached hydrogen (secondary N) is 1. The number of aromatic nitrogens is 6. The molecule has 0 radical (unpaired) electrons. The first kappa shape index (κ1) is 57.0. The molecule has 0 atom stereocenters. The van der Waals surface area contributed by atoms with E-state index in [0.29, 0.717) is 82.4 Å². The first-order valence-corrected chi connectivity index (χ1v) is 22.2. The van der Waals surface area contributed by atoms with Gasteiger partial charge in [-0.25, -0.2) is 39.5 Å². The van der Waals surface area contributed by atoms with Crippen molar-refractivity contribution in [3.05, 3.63) is 57.3 Å². The van der Waals surface area contributed by atoms with E-state index in [4.69, 9.17) is 57.9 Å². The highest BCUT2D eigenvalue weighted by Crippen LogP contribution is 2.37. The van der Waals surface area contributed by atoms with Crippen molar-refractivity contribution in [3.8, 4) is 34.3 Å². The van der Waals surface area contributed by atoms with Gasteiger partial charge in [0.1, 0.15) is 21.3 Å². The molecule has 6 heterocycles. The third-order valence-electron chi connectivity index (χ3n) is 10.6. The van der Waals surface area contributed by atoms with Crippen molar-refractivity contribution in [2.45, 2.75) is 133 Å². The van der Waals surface area contributed by atoms with Gasteiger partial charge in [-0.15, -0.1) is 0 Å². The maximum absolute atomic E-state index is 12.9. The molecule has 0 spiro atoms. The predicted molar refractivity (Wildman–Crippen MR) is 263 cm³/mol. The van der Waals surface area contributed by atoms with Crippen LogP contribution in [0.3, 0.4) is 0 Å². The van der Waals surface area contributed by atoms with Crippen LogP contribution in [0.1, 0.15) is 123 Å². The molecule has 66 heavy (non-hydrogen) atoms. The summed E-state index contributed by atoms with van der Waals surface area (Å²) >= 11 is 12.9. The number of ether oxygens (including phenoxy) is 4. The molecule has 0 aromatic carbocycles. The summed E-state index contributed by atoms with van der Waals surface area (Å²) in [6, 6.07) is 3.47. The maximum atomic E-state index is 12.9. The number of piperidine rings is 2. The monoisotopic (exact) mass is 958 g/mol. The Hall–Kier alpha value is -5.10. The summed E-state index contributed by atoms with van der Waals surface area (Å²) in [5, 5.41) is 13.5. The van der Waals surface area contributed by atoms with Gasteiger partial charge in [-0.1, -0.05) is 51.9 Å². The number of nitrogens with two attached hydrogens (primary N) is 1. The fraction of sp³-hybridized carbons (Fsp3) is 0.574. The number of hydrogen-bond donors (Lipinski definition) is 3. The van der Waals surface area contributed by atoms with Gasteiger partial charge in [0.25, 0.3) is 0 Å². The Balaban J connectivity index is 0.000000443. The van der Waals surface area contributed by atoms with E-state index in [1.807, 2.05) is 60.3 Å². The number of aliphatic hydroxyl groups excluding tert-OH is 1. The van der Waals surface area contributed by atoms with E-state index in [2.05, 4.69) is 37.1 Å². The molecule has 6 rings (SSSR count). The van der Waals surface area contributed by atoms with E-state index in [9.17, 15) is 14.7 Å². The largest absolute Gasteiger partial charge is 0.480 e. The summed E-state index contributed by atoms with van der Waals surface area (Å²) < 4.78 is 21.1. The van der Waals surface area contributed by atoms with E-state index in [-0.39, 0.29) is 50.2 Å². The Morgan fingerprint density at radius 2 is 1.26 bits per heavy atom. The van der Waals surface area contributed by atoms with Crippen LogP contribution < -0.4 is 30.3 Å². The molecule has 0 aliphatic carbocycles. The molecule has 4 aromatic rings. The Morgan fingerprint density at radius 3 is 1.71 bits per heavy atom. The van der Waals surface area contributed by atoms with Crippen molar-refractivity contribution in [1.29, 1.82) is 0 Å². The highest BCUT2D eigenvalue weighted by Gasteiger charge is 2.36. The molecule has 0 saturated carbocycles. The van der Waals surface area contributed by atoms with Gasteiger partial charge in [-0.05, 0) is 93.2 Å². The van der Waals surface area contributed by atoms with Crippen LogP contribution in [0.2, 0.25) is 10.0 Å². The number of methoxy groups -OCH3 is 2. The minimum atomic E-state index is -0.577. The lowest BCUT2D eigenvalue weighted by Gasteiger charge is -2.40. The smallest absolute Gasteiger partial charge is 0.408 e. The first-order valence-electron chi connectivity index (χ1n) is 21.5. The summed E-state index contributed by atoms with van der Waals surface area (Å²) in [6.07, 6.45) is 5.72. The highest BCUT2D eigenvalue weighted by atomic mass is 35.5. The van der Waals surface area contributed by atoms with Crippen LogP contribution in [0.4, 0.5) is 16.4 Å². The normalized spacial score (nSPS) is 15.0. The number of nitrogens with zero attached hydrogens (tertiary/aromatic N) is 8. The second kappa shape index (κ2) is 24.6. The summed E-state index contributed by atoms with van der Waals surface area (Å²) in [5.74, 6) is 1.16. The number of carbonyl (C=O) groups is 2. The molecule has 0 bridgehead atoms. The minimum Gasteiger partial charge on any atom is -0.480 e. The Kier molecular flexibility index (Phi) is 21.3. The van der Waals surface area contributed by atoms with Crippen molar-refractivity contribution in [2.24, 2.45) is 5.73 Å². The number of alkyl carbamates (subject to hydrolysis) is 1. The number of aryl methyl sites for hydroxylation is 2. The summed E-state index contributed by atoms with van der Waals surface area (Å²) in [4.78, 5) is 56.4. The van der Waals surface area contributed by atoms with Crippen molar-refractivity contribution >= 4 is 46.9 Å². The Morgan fingerprint density at radius 1 is 0.803 bits per heavy atom. The second-order valence-corrected chi connectivity index (χ2v) is 17.6. The standard InChI is InChI=1S/C25H34ClN5O5.C18H24ClN5O2.C2H6.2CH4/c1-8-35-22(32)19-20(28-15(2)18(29-19)16-9-12-27-21(34-7)17(16)26)31-13-10-25(6,11-14-31)30-23(33)36-24(3,4)5;1-11-15(12-4-7-21-17(26-3)14(12)19)23-13(10-25)16(22-11)24-8-5-18(2,20)6-9-24;1-2;;/h9,12H,8,10-11,13-14H2,1-7H3,(H,30,33);4,7,25H,5-6,8-10,20H2,1-3H3;1-2H3;2*1H4. The predicted octanol–water partition coefficient (Wildman–Crippen LogP) is 9.19. The third kappa shape index (κ3) is 14.2. The van der Waals surface area contributed by atoms with Crippen molar-refractivity contribution in [3.63, 3.8) is 0 Å². The zero-order valence-corrected chi connectivity index (χ0v) is 40.7. The van der Waals surface area contributed by atoms with Gasteiger partial charge in [0.2, 0.25) is 11.8 Å². The number of rotatable bonds is 10. The van der Waals surface area contributed by atoms with E-state index >= 15 is 0 Å². The second-order valence-electron chi connectivity index (χ2n) is 16.8. The maximum Gasteiger partial charge on any atom is 0.408 e. The van der Waals surface area contributed by atoms with E-state index < -0.39 is 23.2 Å². The molecule has 4 N–H and O–H groups in total. The van der Waals surface area contributed by atoms with Gasteiger partial charge < -0.3 is 44.9 Å². The van der Waals surface area contributed by atoms with Gasteiger partial charge in [-0.3, -0.25) is 0 Å². The molecule has 2 fully saturated rings. The average Bonchev–Trinajstić information content (AvgIpc) is 3.24. The Bertz CT molecular complexity index is 2240. The minimum absolute atomic E-state index is 0. The van der Waals surface area contributed by atoms with Gasteiger partial charge in [-0.2, -0.15) is 0 Å². The van der Waals surface area contributed by atoms with Gasteiger partial charge in [0.05, 0.1) is 50.2 Å². The molecular formula is C47H72Cl2N10O7. The zero-order chi connectivity index (χ0) is 47.6. The molecule has 19 heteroatoms. The van der Waals surface area contributed by atoms with Crippen LogP contribution >= 0.6 is 23.2 Å². The Labute approximate surface area is 401 Å². The van der Waals surface area contributed by atoms with Gasteiger partial charge in [0.15, 0.2) is 17.3 Å². The molecular weight excluding hydrogens is 887 g/mol. The molecule has 2 saturated heterocycles. The quantitative estimate of drug-likeness (QED) is 0.126. The number of anilines is 2. The SMILES string of the molecule is C.C.CC.CCOC(=O)c1nc(-c2ccnc(OC)c2Cl)c(C)nc1N1CCC(C)(NC(=O)OC(C)(C)C)CC1.COc1nccc(-c2nc(CO)c(N3CCC(C)(N)CC3)nc2C)c1Cl. The van der Waals surface area contributed by atoms with E-state index in [0.717, 1.165) is 31.6 Å². The molecule has 0 unspecified atom stereocenters. The van der Waals surface area contributed by atoms with E-state index in [1.165, 1.54) is 14.2 Å². The van der Waals surface area contributed by atoms with Crippen molar-refractivity contribution in [2.75, 3.05) is 56.8 Å². The van der Waals surface area contributed by atoms with Gasteiger partial charge in [0, 0.05) is 60.8 Å². The number of halogens is 2. The lowest BCUT2D eigenvalue weighted by molar-refractivity contribution is 0.0447. The fourth-order valence-electron chi connectivity index (χ4n) is 7.09. The number of carbonyl (C=O) groups excluding carboxylic acids is 2. The number of hydrogen-bond acceptors (Lipinski definition) is 16. The zero-order valence-electron chi connectivity index (χ0n) is 39.2. The summed E-state index contributed by atoms with van der Waals surface area (Å²) in [7, 11) is 2.99. The molecule has 2 aliphatic heterocycles. The number of pyridine rings is 2. The third-order valence-corrected chi connectivity index (χ3v) is 11.3. The molecule has 366 valence electrons. The van der Waals surface area contributed by atoms with Crippen LogP contribution in [0.5, 0.6) is 11.8 Å². The summed E-state index contributed by atoms with van der Waals surface area (Å²) in [5.41, 5.74) is 9.28. The average molecular weight is 960 g/mol. The van der Waals surface area contributed by atoms with E-state index in [1.54, 1.807) is 31.5 Å². The topological polar surface area (TPSA) is 213 Å². The molecule has 17 nitrogen and oxygen atoms in total. The lowest BCUT2D eigenvalue weighted by Crippen LogP contribution is -2.54. The number of amides is 1. The van der Waals surface area contributed by atoms with Crippen molar-refractivity contribution < 1.29 is 33.6 Å². The number of esters is 1. The summed E-state index contributed by atoms with van der Waals surface area (Å²) in [6.45, 7) is 21.6. The van der Waals surface area contributed by atoms with Gasteiger partial charge >= 0.3 is 12.1 Å². The lowest BCUT2D eigenvalue weighted by atomic mass is 9.89. The fourth-order valence-corrected chi connectivity index (χ4v) is 7.65. The number of aliphatic hydroxyl groups is 1.